The van der Waals surface area contributed by atoms with Gasteiger partial charge in [-0.05, 0) is 0 Å². The van der Waals surface area contributed by atoms with Crippen molar-refractivity contribution in [2.45, 2.75) is 26.2 Å². The van der Waals surface area contributed by atoms with Crippen LogP contribution in [0.4, 0.5) is 4.39 Å². The van der Waals surface area contributed by atoms with E-state index in [4.69, 9.17) is 14.2 Å². The second-order valence-corrected chi connectivity index (χ2v) is 4.22. The third-order valence-corrected chi connectivity index (χ3v) is 2.53. The number of carbonyl (C=O) groups excluding carboxylic acids is 2. The predicted octanol–water partition coefficient (Wildman–Crippen LogP) is -0.684. The zero-order valence-electron chi connectivity index (χ0n) is 12.1. The number of aromatic nitrogens is 2. The summed E-state index contributed by atoms with van der Waals surface area (Å²) in [7, 11) is 1.17. The van der Waals surface area contributed by atoms with Crippen molar-refractivity contribution in [3.8, 4) is 0 Å². The van der Waals surface area contributed by atoms with Crippen LogP contribution in [0.25, 0.3) is 0 Å². The van der Waals surface area contributed by atoms with Crippen molar-refractivity contribution in [2.24, 2.45) is 0 Å². The molecule has 0 amide bonds. The molecule has 2 atom stereocenters. The molecule has 1 aromatic rings. The van der Waals surface area contributed by atoms with Gasteiger partial charge in [0, 0.05) is 21.0 Å². The molecule has 122 valence electrons. The van der Waals surface area contributed by atoms with Crippen LogP contribution >= 0.6 is 0 Å². The number of aromatic amines is 1. The normalized spacial score (nSPS) is 13.3. The minimum Gasteiger partial charge on any atom is -0.462 e. The molecule has 1 rings (SSSR count). The third kappa shape index (κ3) is 4.52. The van der Waals surface area contributed by atoms with Crippen molar-refractivity contribution in [1.29, 1.82) is 0 Å². The summed E-state index contributed by atoms with van der Waals surface area (Å²) < 4.78 is 28.7. The van der Waals surface area contributed by atoms with Crippen molar-refractivity contribution >= 4 is 11.9 Å². The summed E-state index contributed by atoms with van der Waals surface area (Å²) >= 11 is 0. The third-order valence-electron chi connectivity index (χ3n) is 2.53. The standard InChI is InChI=1S/C12H15FN2O7/c1-6(16)21-5-9(22-7(2)17)11(20-3)15-4-8(13)10(18)14-12(15)19/h4,9,11H,5H2,1-3H3,(H,14,18,19). The van der Waals surface area contributed by atoms with Crippen molar-refractivity contribution in [2.75, 3.05) is 13.7 Å². The van der Waals surface area contributed by atoms with Gasteiger partial charge < -0.3 is 14.2 Å². The van der Waals surface area contributed by atoms with E-state index in [1.54, 1.807) is 4.98 Å². The number of hydrogen-bond donors (Lipinski definition) is 1. The maximum Gasteiger partial charge on any atom is 0.330 e. The highest BCUT2D eigenvalue weighted by Crippen LogP contribution is 2.15. The minimum atomic E-state index is -1.30. The highest BCUT2D eigenvalue weighted by atomic mass is 19.1. The average molecular weight is 318 g/mol. The molecule has 0 saturated heterocycles. The minimum absolute atomic E-state index is 0.416. The number of carbonyl (C=O) groups is 2. The van der Waals surface area contributed by atoms with E-state index in [0.717, 1.165) is 13.8 Å². The van der Waals surface area contributed by atoms with Gasteiger partial charge in [0.1, 0.15) is 6.61 Å². The molecule has 1 N–H and O–H groups in total. The van der Waals surface area contributed by atoms with Gasteiger partial charge in [-0.15, -0.1) is 0 Å². The molecule has 0 radical (unpaired) electrons. The number of nitrogens with zero attached hydrogens (tertiary/aromatic N) is 1. The lowest BCUT2D eigenvalue weighted by atomic mass is 10.3. The highest BCUT2D eigenvalue weighted by Gasteiger charge is 2.29. The zero-order chi connectivity index (χ0) is 16.9. The van der Waals surface area contributed by atoms with Crippen LogP contribution in [0.2, 0.25) is 0 Å². The number of rotatable bonds is 6. The summed E-state index contributed by atoms with van der Waals surface area (Å²) in [6, 6.07) is 0. The Kier molecular flexibility index (Phi) is 5.99. The lowest BCUT2D eigenvalue weighted by molar-refractivity contribution is -0.171. The Morgan fingerprint density at radius 2 is 1.95 bits per heavy atom. The van der Waals surface area contributed by atoms with Gasteiger partial charge in [0.2, 0.25) is 5.82 Å². The molecule has 0 saturated carbocycles. The summed E-state index contributed by atoms with van der Waals surface area (Å²) in [5.41, 5.74) is -2.17. The summed E-state index contributed by atoms with van der Waals surface area (Å²) in [5, 5.41) is 0. The maximum atomic E-state index is 13.3. The van der Waals surface area contributed by atoms with E-state index in [9.17, 15) is 23.6 Å². The summed E-state index contributed by atoms with van der Waals surface area (Å²) in [5.74, 6) is -2.60. The van der Waals surface area contributed by atoms with Gasteiger partial charge in [-0.3, -0.25) is 23.9 Å². The molecular formula is C12H15FN2O7. The molecule has 0 fully saturated rings. The Bertz CT molecular complexity index is 666. The van der Waals surface area contributed by atoms with Gasteiger partial charge in [0.05, 0.1) is 6.20 Å². The molecule has 10 heteroatoms. The van der Waals surface area contributed by atoms with Crippen LogP contribution in [0.1, 0.15) is 20.1 Å². The molecule has 0 aliphatic heterocycles. The molecule has 0 aliphatic rings. The van der Waals surface area contributed by atoms with E-state index in [0.29, 0.717) is 10.8 Å². The van der Waals surface area contributed by atoms with Crippen LogP contribution in [0, 0.1) is 5.82 Å². The molecule has 0 aromatic carbocycles. The van der Waals surface area contributed by atoms with Crippen LogP contribution in [-0.4, -0.2) is 41.3 Å². The second-order valence-electron chi connectivity index (χ2n) is 4.22. The van der Waals surface area contributed by atoms with Crippen molar-refractivity contribution in [3.05, 3.63) is 32.9 Å². The van der Waals surface area contributed by atoms with E-state index in [1.165, 1.54) is 7.11 Å². The number of methoxy groups -OCH3 is 1. The molecule has 0 spiro atoms. The Labute approximate surface area is 123 Å². The fraction of sp³-hybridized carbons (Fsp3) is 0.500. The fourth-order valence-electron chi connectivity index (χ4n) is 1.68. The number of hydrogen-bond acceptors (Lipinski definition) is 7. The van der Waals surface area contributed by atoms with Crippen molar-refractivity contribution < 1.29 is 28.2 Å². The van der Waals surface area contributed by atoms with E-state index < -0.39 is 47.9 Å². The monoisotopic (exact) mass is 318 g/mol. The van der Waals surface area contributed by atoms with Gasteiger partial charge in [-0.1, -0.05) is 0 Å². The first kappa shape index (κ1) is 17.6. The Morgan fingerprint density at radius 3 is 2.45 bits per heavy atom. The molecule has 0 bridgehead atoms. The molecular weight excluding hydrogens is 303 g/mol. The molecule has 0 aliphatic carbocycles. The average Bonchev–Trinajstić information content (AvgIpc) is 2.41. The largest absolute Gasteiger partial charge is 0.462 e. The van der Waals surface area contributed by atoms with Crippen LogP contribution in [0.5, 0.6) is 0 Å². The molecule has 9 nitrogen and oxygen atoms in total. The molecule has 1 heterocycles. The lowest BCUT2D eigenvalue weighted by Gasteiger charge is -2.26. The number of halogens is 1. The number of H-pyrrole nitrogens is 1. The Hall–Kier alpha value is -2.49. The van der Waals surface area contributed by atoms with Gasteiger partial charge in [0.15, 0.2) is 12.3 Å². The second kappa shape index (κ2) is 7.50. The molecule has 1 aromatic heterocycles. The predicted molar refractivity (Wildman–Crippen MR) is 69.5 cm³/mol. The first-order chi connectivity index (χ1) is 10.3. The SMILES string of the molecule is COC(C(COC(C)=O)OC(C)=O)n1cc(F)c(=O)[nH]c1=O. The first-order valence-corrected chi connectivity index (χ1v) is 6.10. The number of ether oxygens (including phenoxy) is 3. The molecule has 2 unspecified atom stereocenters. The van der Waals surface area contributed by atoms with Crippen LogP contribution in [-0.2, 0) is 23.8 Å². The lowest BCUT2D eigenvalue weighted by Crippen LogP contribution is -2.42. The summed E-state index contributed by atoms with van der Waals surface area (Å²) in [6.07, 6.45) is -1.91. The topological polar surface area (TPSA) is 117 Å². The quantitative estimate of drug-likeness (QED) is 0.690. The van der Waals surface area contributed by atoms with Gasteiger partial charge in [-0.2, -0.15) is 4.39 Å². The van der Waals surface area contributed by atoms with Crippen LogP contribution in [0.3, 0.4) is 0 Å². The number of nitrogens with one attached hydrogen (secondary N) is 1. The van der Waals surface area contributed by atoms with Gasteiger partial charge in [-0.25, -0.2) is 4.79 Å². The highest BCUT2D eigenvalue weighted by molar-refractivity contribution is 5.67. The van der Waals surface area contributed by atoms with Crippen LogP contribution < -0.4 is 11.2 Å². The van der Waals surface area contributed by atoms with E-state index in [-0.39, 0.29) is 0 Å². The smallest absolute Gasteiger partial charge is 0.330 e. The fourth-order valence-corrected chi connectivity index (χ4v) is 1.68. The van der Waals surface area contributed by atoms with E-state index in [1.807, 2.05) is 0 Å². The van der Waals surface area contributed by atoms with E-state index >= 15 is 0 Å². The van der Waals surface area contributed by atoms with Gasteiger partial charge >= 0.3 is 17.6 Å². The maximum absolute atomic E-state index is 13.3. The van der Waals surface area contributed by atoms with Crippen LogP contribution in [0.15, 0.2) is 15.8 Å². The zero-order valence-corrected chi connectivity index (χ0v) is 12.1. The van der Waals surface area contributed by atoms with Gasteiger partial charge in [0.25, 0.3) is 5.56 Å². The Balaban J connectivity index is 3.20. The first-order valence-electron chi connectivity index (χ1n) is 6.10. The summed E-state index contributed by atoms with van der Waals surface area (Å²) in [4.78, 5) is 46.5. The summed E-state index contributed by atoms with van der Waals surface area (Å²) in [6.45, 7) is 1.82. The Morgan fingerprint density at radius 1 is 1.32 bits per heavy atom. The van der Waals surface area contributed by atoms with Crippen molar-refractivity contribution in [1.82, 2.24) is 9.55 Å². The molecule has 22 heavy (non-hydrogen) atoms. The van der Waals surface area contributed by atoms with E-state index in [2.05, 4.69) is 0 Å². The number of esters is 2. The van der Waals surface area contributed by atoms with Crippen molar-refractivity contribution in [3.63, 3.8) is 0 Å².